The van der Waals surface area contributed by atoms with E-state index in [1.165, 1.54) is 24.8 Å². The summed E-state index contributed by atoms with van der Waals surface area (Å²) in [5.41, 5.74) is 4.11. The van der Waals surface area contributed by atoms with E-state index in [0.717, 1.165) is 42.5 Å². The number of benzene rings is 2. The molecule has 2 amide bonds. The number of unbranched alkanes of at least 4 members (excludes halogenated alkanes) is 2. The van der Waals surface area contributed by atoms with Gasteiger partial charge in [0.05, 0.1) is 18.7 Å². The molecule has 0 aliphatic carbocycles. The van der Waals surface area contributed by atoms with Crippen LogP contribution in [-0.4, -0.2) is 34.7 Å². The average Bonchev–Trinajstić information content (AvgIpc) is 3.35. The fourth-order valence-electron chi connectivity index (χ4n) is 4.30. The quantitative estimate of drug-likeness (QED) is 0.374. The Bertz CT molecular complexity index is 1220. The van der Waals surface area contributed by atoms with Gasteiger partial charge in [-0.25, -0.2) is 9.18 Å². The Morgan fingerprint density at radius 1 is 1.14 bits per heavy atom. The molecule has 1 atom stereocenters. The van der Waals surface area contributed by atoms with E-state index < -0.39 is 11.9 Å². The Balaban J connectivity index is 1.75. The molecule has 1 aromatic heterocycles. The molecule has 3 aromatic rings. The van der Waals surface area contributed by atoms with Crippen LogP contribution in [0.25, 0.3) is 17.0 Å². The number of hydrogen-bond donors (Lipinski definition) is 1. The topological polar surface area (TPSA) is 80.5 Å². The summed E-state index contributed by atoms with van der Waals surface area (Å²) in [6, 6.07) is 12.1. The molecule has 0 fully saturated rings. The van der Waals surface area contributed by atoms with Gasteiger partial charge >= 0.3 is 6.03 Å². The molecule has 0 spiro atoms. The first kappa shape index (κ1) is 24.4. The third-order valence-corrected chi connectivity index (χ3v) is 6.37. The van der Waals surface area contributed by atoms with Crippen LogP contribution in [0.3, 0.4) is 0 Å². The fraction of sp³-hybridized carbons (Fsp3) is 0.370. The first-order chi connectivity index (χ1) is 17.0. The number of nitrogens with zero attached hydrogens (tertiary/aromatic N) is 3. The van der Waals surface area contributed by atoms with Gasteiger partial charge in [-0.05, 0) is 49.1 Å². The number of carbonyl (C=O) groups is 1. The minimum atomic E-state index is -0.507. The summed E-state index contributed by atoms with van der Waals surface area (Å²) in [5.74, 6) is 0.187. The molecular weight excluding hydrogens is 447 g/mol. The normalized spacial score (nSPS) is 16.0. The smallest absolute Gasteiger partial charge is 0.322 e. The van der Waals surface area contributed by atoms with Gasteiger partial charge in [-0.2, -0.15) is 4.98 Å². The van der Waals surface area contributed by atoms with Crippen LogP contribution in [0.1, 0.15) is 63.1 Å². The lowest BCUT2D eigenvalue weighted by atomic mass is 9.93. The summed E-state index contributed by atoms with van der Waals surface area (Å²) in [6.45, 7) is 6.73. The van der Waals surface area contributed by atoms with Gasteiger partial charge in [0.15, 0.2) is 11.6 Å². The monoisotopic (exact) mass is 478 g/mol. The maximum Gasteiger partial charge on any atom is 0.322 e. The minimum Gasteiger partial charge on any atom is -0.494 e. The van der Waals surface area contributed by atoms with E-state index in [1.807, 2.05) is 19.1 Å². The summed E-state index contributed by atoms with van der Waals surface area (Å²) < 4.78 is 25.0. The number of halogens is 1. The number of allylic oxidation sites excluding steroid dienone is 1. The van der Waals surface area contributed by atoms with Gasteiger partial charge in [0.1, 0.15) is 0 Å². The molecule has 1 aliphatic heterocycles. The van der Waals surface area contributed by atoms with Crippen molar-refractivity contribution in [3.63, 3.8) is 0 Å². The van der Waals surface area contributed by atoms with Crippen molar-refractivity contribution < 1.29 is 18.4 Å². The molecule has 2 aromatic carbocycles. The maximum atomic E-state index is 14.3. The molecule has 0 radical (unpaired) electrons. The van der Waals surface area contributed by atoms with Gasteiger partial charge < -0.3 is 14.6 Å². The standard InChI is InChI=1S/C27H31FN4O3/c1-5-7-8-15-32-17(3)23(24(29-27(32)33)19-11-9-18(6-2)10-12-19)26-30-25(31-35-26)20-13-14-22(34-4)21(28)16-20/h9-14,16,24H,5-8,15H2,1-4H3,(H,29,33). The fourth-order valence-corrected chi connectivity index (χ4v) is 4.30. The van der Waals surface area contributed by atoms with Crippen LogP contribution in [-0.2, 0) is 6.42 Å². The second kappa shape index (κ2) is 10.7. The zero-order valence-corrected chi connectivity index (χ0v) is 20.6. The average molecular weight is 479 g/mol. The van der Waals surface area contributed by atoms with E-state index in [-0.39, 0.29) is 17.6 Å². The second-order valence-electron chi connectivity index (χ2n) is 8.61. The van der Waals surface area contributed by atoms with Crippen LogP contribution < -0.4 is 10.1 Å². The van der Waals surface area contributed by atoms with E-state index in [9.17, 15) is 9.18 Å². The van der Waals surface area contributed by atoms with Crippen LogP contribution in [0.15, 0.2) is 52.7 Å². The lowest BCUT2D eigenvalue weighted by Gasteiger charge is -2.35. The van der Waals surface area contributed by atoms with Crippen molar-refractivity contribution in [3.05, 3.63) is 71.0 Å². The van der Waals surface area contributed by atoms with Gasteiger partial charge in [0.25, 0.3) is 5.89 Å². The number of ether oxygens (including phenoxy) is 1. The summed E-state index contributed by atoms with van der Waals surface area (Å²) in [7, 11) is 1.41. The van der Waals surface area contributed by atoms with Gasteiger partial charge in [-0.1, -0.05) is 56.1 Å². The van der Waals surface area contributed by atoms with Crippen LogP contribution in [0.5, 0.6) is 5.75 Å². The number of methoxy groups -OCH3 is 1. The molecule has 1 N–H and O–H groups in total. The van der Waals surface area contributed by atoms with Gasteiger partial charge in [0.2, 0.25) is 5.82 Å². The summed E-state index contributed by atoms with van der Waals surface area (Å²) >= 11 is 0. The SMILES string of the molecule is CCCCCN1C(=O)NC(c2ccc(CC)cc2)C(c2nc(-c3ccc(OC)c(F)c3)no2)=C1C. The third-order valence-electron chi connectivity index (χ3n) is 6.37. The molecule has 184 valence electrons. The van der Waals surface area contributed by atoms with Crippen molar-refractivity contribution in [2.75, 3.05) is 13.7 Å². The number of aromatic nitrogens is 2. The first-order valence-corrected chi connectivity index (χ1v) is 12.0. The molecule has 7 nitrogen and oxygen atoms in total. The predicted molar refractivity (Wildman–Crippen MR) is 132 cm³/mol. The molecule has 0 saturated heterocycles. The number of carbonyl (C=O) groups excluding carboxylic acids is 1. The largest absolute Gasteiger partial charge is 0.494 e. The molecule has 35 heavy (non-hydrogen) atoms. The third kappa shape index (κ3) is 5.06. The van der Waals surface area contributed by atoms with E-state index in [2.05, 4.69) is 41.4 Å². The number of aryl methyl sites for hydroxylation is 1. The van der Waals surface area contributed by atoms with Gasteiger partial charge in [-0.3, -0.25) is 4.90 Å². The maximum absolute atomic E-state index is 14.3. The van der Waals surface area contributed by atoms with E-state index in [4.69, 9.17) is 9.26 Å². The van der Waals surface area contributed by atoms with E-state index >= 15 is 0 Å². The van der Waals surface area contributed by atoms with E-state index in [0.29, 0.717) is 18.0 Å². The molecule has 4 rings (SSSR count). The molecule has 0 bridgehead atoms. The van der Waals surface area contributed by atoms with Gasteiger partial charge in [0, 0.05) is 17.8 Å². The molecule has 1 aliphatic rings. The summed E-state index contributed by atoms with van der Waals surface area (Å²) in [5, 5.41) is 7.23. The number of hydrogen-bond acceptors (Lipinski definition) is 5. The zero-order valence-electron chi connectivity index (χ0n) is 20.6. The summed E-state index contributed by atoms with van der Waals surface area (Å²) in [4.78, 5) is 19.4. The molecule has 1 unspecified atom stereocenters. The Kier molecular flexibility index (Phi) is 7.48. The Hall–Kier alpha value is -3.68. The Morgan fingerprint density at radius 3 is 2.57 bits per heavy atom. The highest BCUT2D eigenvalue weighted by Crippen LogP contribution is 2.37. The zero-order chi connectivity index (χ0) is 24.9. The number of rotatable bonds is 9. The van der Waals surface area contributed by atoms with E-state index in [1.54, 1.807) is 11.0 Å². The highest BCUT2D eigenvalue weighted by molar-refractivity contribution is 5.86. The number of urea groups is 1. The molecular formula is C27H31FN4O3. The number of nitrogens with one attached hydrogen (secondary N) is 1. The second-order valence-corrected chi connectivity index (χ2v) is 8.61. The molecule has 0 saturated carbocycles. The Morgan fingerprint density at radius 2 is 1.91 bits per heavy atom. The minimum absolute atomic E-state index is 0.143. The van der Waals surface area contributed by atoms with Crippen LogP contribution >= 0.6 is 0 Å². The van der Waals surface area contributed by atoms with Crippen molar-refractivity contribution in [3.8, 4) is 17.1 Å². The van der Waals surface area contributed by atoms with Crippen LogP contribution in [0.2, 0.25) is 0 Å². The van der Waals surface area contributed by atoms with Crippen molar-refractivity contribution in [2.45, 2.75) is 52.5 Å². The predicted octanol–water partition coefficient (Wildman–Crippen LogP) is 6.13. The first-order valence-electron chi connectivity index (χ1n) is 12.0. The highest BCUT2D eigenvalue weighted by atomic mass is 19.1. The van der Waals surface area contributed by atoms with Crippen molar-refractivity contribution in [2.24, 2.45) is 0 Å². The van der Waals surface area contributed by atoms with Crippen LogP contribution in [0, 0.1) is 5.82 Å². The molecule has 2 heterocycles. The van der Waals surface area contributed by atoms with Crippen molar-refractivity contribution in [1.29, 1.82) is 0 Å². The summed E-state index contributed by atoms with van der Waals surface area (Å²) in [6.07, 6.45) is 3.91. The number of amides is 2. The molecule has 8 heteroatoms. The van der Waals surface area contributed by atoms with Gasteiger partial charge in [-0.15, -0.1) is 0 Å². The lowest BCUT2D eigenvalue weighted by molar-refractivity contribution is 0.204. The van der Waals surface area contributed by atoms with Crippen LogP contribution in [0.4, 0.5) is 9.18 Å². The van der Waals surface area contributed by atoms with Crippen molar-refractivity contribution in [1.82, 2.24) is 20.4 Å². The Labute approximate surface area is 205 Å². The van der Waals surface area contributed by atoms with Crippen molar-refractivity contribution >= 4 is 11.6 Å². The lowest BCUT2D eigenvalue weighted by Crippen LogP contribution is -2.46. The highest BCUT2D eigenvalue weighted by Gasteiger charge is 2.35.